The van der Waals surface area contributed by atoms with Gasteiger partial charge in [0.2, 0.25) is 0 Å². The van der Waals surface area contributed by atoms with E-state index in [0.717, 1.165) is 0 Å². The lowest BCUT2D eigenvalue weighted by Crippen LogP contribution is -2.49. The summed E-state index contributed by atoms with van der Waals surface area (Å²) in [6, 6.07) is 15.7. The summed E-state index contributed by atoms with van der Waals surface area (Å²) >= 11 is 0. The van der Waals surface area contributed by atoms with Crippen LogP contribution < -0.4 is 20.1 Å². The molecule has 132 valence electrons. The summed E-state index contributed by atoms with van der Waals surface area (Å²) in [5.41, 5.74) is -0.422. The molecule has 0 saturated heterocycles. The maximum absolute atomic E-state index is 11.8. The number of imide groups is 1. The first kappa shape index (κ1) is 18.3. The average molecular weight is 342 g/mol. The van der Waals surface area contributed by atoms with E-state index in [-0.39, 0.29) is 6.61 Å². The van der Waals surface area contributed by atoms with Gasteiger partial charge in [-0.3, -0.25) is 10.1 Å². The van der Waals surface area contributed by atoms with Crippen LogP contribution in [0.2, 0.25) is 0 Å². The van der Waals surface area contributed by atoms with Gasteiger partial charge in [-0.2, -0.15) is 0 Å². The molecule has 25 heavy (non-hydrogen) atoms. The highest BCUT2D eigenvalue weighted by Gasteiger charge is 2.15. The largest absolute Gasteiger partial charge is 0.484 e. The van der Waals surface area contributed by atoms with Crippen molar-refractivity contribution in [3.63, 3.8) is 0 Å². The molecule has 2 rings (SSSR count). The monoisotopic (exact) mass is 342 g/mol. The van der Waals surface area contributed by atoms with Gasteiger partial charge in [0.1, 0.15) is 17.2 Å². The molecule has 0 aliphatic heterocycles. The Morgan fingerprint density at radius 1 is 0.920 bits per heavy atom. The minimum absolute atomic E-state index is 0.271. The van der Waals surface area contributed by atoms with E-state index in [0.29, 0.717) is 17.2 Å². The Kier molecular flexibility index (Phi) is 6.00. The van der Waals surface area contributed by atoms with Crippen LogP contribution >= 0.6 is 0 Å². The van der Waals surface area contributed by atoms with Crippen molar-refractivity contribution >= 4 is 11.9 Å². The number of amides is 3. The number of para-hydroxylation sites is 1. The zero-order valence-corrected chi connectivity index (χ0v) is 14.5. The molecule has 0 aromatic heterocycles. The molecule has 6 nitrogen and oxygen atoms in total. The van der Waals surface area contributed by atoms with E-state index in [1.165, 1.54) is 0 Å². The number of nitrogens with one attached hydrogen (secondary N) is 2. The second-order valence-electron chi connectivity index (χ2n) is 6.43. The molecule has 0 atom stereocenters. The molecule has 0 heterocycles. The van der Waals surface area contributed by atoms with Crippen LogP contribution in [0.15, 0.2) is 54.6 Å². The van der Waals surface area contributed by atoms with Crippen LogP contribution in [0.25, 0.3) is 0 Å². The summed E-state index contributed by atoms with van der Waals surface area (Å²) in [4.78, 5) is 23.4. The van der Waals surface area contributed by atoms with Crippen LogP contribution in [0.3, 0.4) is 0 Å². The Bertz CT molecular complexity index is 724. The quantitative estimate of drug-likeness (QED) is 0.872. The van der Waals surface area contributed by atoms with E-state index in [9.17, 15) is 9.59 Å². The van der Waals surface area contributed by atoms with Crippen molar-refractivity contribution in [1.29, 1.82) is 0 Å². The molecule has 0 bridgehead atoms. The van der Waals surface area contributed by atoms with Crippen molar-refractivity contribution in [2.24, 2.45) is 0 Å². The van der Waals surface area contributed by atoms with Gasteiger partial charge >= 0.3 is 6.03 Å². The number of ether oxygens (including phenoxy) is 2. The molecule has 0 aliphatic carbocycles. The number of rotatable bonds is 5. The van der Waals surface area contributed by atoms with Gasteiger partial charge in [-0.1, -0.05) is 24.3 Å². The second kappa shape index (κ2) is 8.19. The molecular formula is C19H22N2O4. The second-order valence-corrected chi connectivity index (χ2v) is 6.43. The summed E-state index contributed by atoms with van der Waals surface area (Å²) in [6.07, 6.45) is 0. The molecule has 2 N–H and O–H groups in total. The first-order valence-corrected chi connectivity index (χ1v) is 7.89. The van der Waals surface area contributed by atoms with Crippen LogP contribution in [0.5, 0.6) is 17.2 Å². The van der Waals surface area contributed by atoms with Crippen molar-refractivity contribution in [3.8, 4) is 17.2 Å². The predicted molar refractivity (Wildman–Crippen MR) is 94.9 cm³/mol. The third-order valence-corrected chi connectivity index (χ3v) is 2.90. The van der Waals surface area contributed by atoms with E-state index in [2.05, 4.69) is 10.6 Å². The molecule has 2 aromatic rings. The summed E-state index contributed by atoms with van der Waals surface area (Å²) in [5, 5.41) is 4.85. The Morgan fingerprint density at radius 2 is 1.56 bits per heavy atom. The highest BCUT2D eigenvalue weighted by Crippen LogP contribution is 2.24. The van der Waals surface area contributed by atoms with Gasteiger partial charge in [-0.05, 0) is 45.0 Å². The van der Waals surface area contributed by atoms with E-state index in [1.54, 1.807) is 24.3 Å². The van der Waals surface area contributed by atoms with Crippen molar-refractivity contribution in [2.75, 3.05) is 6.61 Å². The van der Waals surface area contributed by atoms with Crippen LogP contribution in [0, 0.1) is 0 Å². The molecular weight excluding hydrogens is 320 g/mol. The Labute approximate surface area is 147 Å². The number of carbonyl (C=O) groups excluding carboxylic acids is 2. The molecule has 0 radical (unpaired) electrons. The van der Waals surface area contributed by atoms with Gasteiger partial charge in [0.05, 0.1) is 0 Å². The van der Waals surface area contributed by atoms with Gasteiger partial charge in [-0.25, -0.2) is 4.79 Å². The first-order valence-electron chi connectivity index (χ1n) is 7.89. The fraction of sp³-hybridized carbons (Fsp3) is 0.263. The van der Waals surface area contributed by atoms with Gasteiger partial charge in [0.25, 0.3) is 5.91 Å². The van der Waals surface area contributed by atoms with E-state index in [1.807, 2.05) is 51.1 Å². The number of hydrogen-bond donors (Lipinski definition) is 2. The number of hydrogen-bond acceptors (Lipinski definition) is 4. The summed E-state index contributed by atoms with van der Waals surface area (Å²) in [6.45, 7) is 5.20. The minimum Gasteiger partial charge on any atom is -0.484 e. The number of carbonyl (C=O) groups is 2. The summed E-state index contributed by atoms with van der Waals surface area (Å²) < 4.78 is 11.1. The third kappa shape index (κ3) is 6.95. The van der Waals surface area contributed by atoms with Gasteiger partial charge in [0, 0.05) is 11.6 Å². The standard InChI is InChI=1S/C19H22N2O4/c1-19(2,3)21-18(23)20-17(22)13-24-15-10-7-11-16(12-15)25-14-8-5-4-6-9-14/h4-12H,13H2,1-3H3,(H2,20,21,22,23). The molecule has 6 heteroatoms. The Hall–Kier alpha value is -3.02. The molecule has 2 aromatic carbocycles. The SMILES string of the molecule is CC(C)(C)NC(=O)NC(=O)COc1cccc(Oc2ccccc2)c1. The van der Waals surface area contributed by atoms with Crippen LogP contribution in [-0.4, -0.2) is 24.1 Å². The predicted octanol–water partition coefficient (Wildman–Crippen LogP) is 3.48. The normalized spacial score (nSPS) is 10.7. The lowest BCUT2D eigenvalue weighted by molar-refractivity contribution is -0.122. The zero-order chi connectivity index (χ0) is 18.3. The molecule has 3 amide bonds. The fourth-order valence-corrected chi connectivity index (χ4v) is 1.94. The molecule has 0 unspecified atom stereocenters. The Balaban J connectivity index is 1.85. The number of urea groups is 1. The first-order chi connectivity index (χ1) is 11.8. The van der Waals surface area contributed by atoms with E-state index in [4.69, 9.17) is 9.47 Å². The van der Waals surface area contributed by atoms with E-state index >= 15 is 0 Å². The molecule has 0 spiro atoms. The highest BCUT2D eigenvalue weighted by molar-refractivity contribution is 5.95. The summed E-state index contributed by atoms with van der Waals surface area (Å²) in [7, 11) is 0. The van der Waals surface area contributed by atoms with Crippen molar-refractivity contribution in [2.45, 2.75) is 26.3 Å². The van der Waals surface area contributed by atoms with Gasteiger partial charge in [-0.15, -0.1) is 0 Å². The molecule has 0 saturated carbocycles. The summed E-state index contributed by atoms with van der Waals surface area (Å²) in [5.74, 6) is 1.24. The van der Waals surface area contributed by atoms with Crippen LogP contribution in [0.4, 0.5) is 4.79 Å². The van der Waals surface area contributed by atoms with Gasteiger partial charge in [0.15, 0.2) is 6.61 Å². The zero-order valence-electron chi connectivity index (χ0n) is 14.5. The minimum atomic E-state index is -0.553. The maximum Gasteiger partial charge on any atom is 0.321 e. The average Bonchev–Trinajstić information content (AvgIpc) is 2.52. The molecule has 0 aliphatic rings. The van der Waals surface area contributed by atoms with Crippen molar-refractivity contribution < 1.29 is 19.1 Å². The van der Waals surface area contributed by atoms with Gasteiger partial charge < -0.3 is 14.8 Å². The molecule has 0 fully saturated rings. The lowest BCUT2D eigenvalue weighted by atomic mass is 10.1. The van der Waals surface area contributed by atoms with Crippen LogP contribution in [0.1, 0.15) is 20.8 Å². The third-order valence-electron chi connectivity index (χ3n) is 2.90. The van der Waals surface area contributed by atoms with Crippen molar-refractivity contribution in [1.82, 2.24) is 10.6 Å². The van der Waals surface area contributed by atoms with E-state index < -0.39 is 17.5 Å². The topological polar surface area (TPSA) is 76.7 Å². The lowest BCUT2D eigenvalue weighted by Gasteiger charge is -2.20. The maximum atomic E-state index is 11.8. The fourth-order valence-electron chi connectivity index (χ4n) is 1.94. The highest BCUT2D eigenvalue weighted by atomic mass is 16.5. The smallest absolute Gasteiger partial charge is 0.321 e. The van der Waals surface area contributed by atoms with Crippen LogP contribution in [-0.2, 0) is 4.79 Å². The Morgan fingerprint density at radius 3 is 2.24 bits per heavy atom. The number of benzene rings is 2. The van der Waals surface area contributed by atoms with Crippen molar-refractivity contribution in [3.05, 3.63) is 54.6 Å².